The Morgan fingerprint density at radius 3 is 2.55 bits per heavy atom. The summed E-state index contributed by atoms with van der Waals surface area (Å²) >= 11 is 8.78. The molecule has 0 radical (unpaired) electrons. The number of nitro groups is 1. The number of anilines is 2. The third-order valence-corrected chi connectivity index (χ3v) is 6.93. The summed E-state index contributed by atoms with van der Waals surface area (Å²) in [6.07, 6.45) is 0. The van der Waals surface area contributed by atoms with Gasteiger partial charge in [-0.2, -0.15) is 0 Å². The lowest BCUT2D eigenvalue weighted by atomic mass is 10.2. The Kier molecular flexibility index (Phi) is 6.87. The van der Waals surface area contributed by atoms with Gasteiger partial charge < -0.3 is 10.6 Å². The Hall–Kier alpha value is -3.47. The number of rotatable bonds is 7. The average Bonchev–Trinajstić information content (AvgIpc) is 3.21. The van der Waals surface area contributed by atoms with Crippen LogP contribution in [0.3, 0.4) is 0 Å². The summed E-state index contributed by atoms with van der Waals surface area (Å²) < 4.78 is 1.57. The van der Waals surface area contributed by atoms with Gasteiger partial charge in [0, 0.05) is 23.4 Å². The van der Waals surface area contributed by atoms with Crippen LogP contribution in [0.25, 0.3) is 10.2 Å². The van der Waals surface area contributed by atoms with Gasteiger partial charge in [0.2, 0.25) is 5.91 Å². The number of hydrogen-bond acceptors (Lipinski definition) is 7. The molecule has 0 fully saturated rings. The summed E-state index contributed by atoms with van der Waals surface area (Å²) in [5.74, 6) is -0.391. The molecule has 4 aromatic rings. The number of nitrogens with zero attached hydrogens (tertiary/aromatic N) is 2. The molecule has 0 spiro atoms. The minimum Gasteiger partial charge on any atom is -0.324 e. The summed E-state index contributed by atoms with van der Waals surface area (Å²) in [5.41, 5.74) is 2.11. The first kappa shape index (κ1) is 22.7. The molecule has 1 aromatic heterocycles. The second-order valence-electron chi connectivity index (χ2n) is 6.74. The number of amides is 2. The van der Waals surface area contributed by atoms with Crippen molar-refractivity contribution < 1.29 is 14.5 Å². The molecule has 0 atom stereocenters. The number of nitro benzene ring substituents is 1. The second kappa shape index (κ2) is 9.99. The van der Waals surface area contributed by atoms with Crippen LogP contribution in [0.1, 0.15) is 10.4 Å². The van der Waals surface area contributed by atoms with E-state index in [1.165, 1.54) is 47.4 Å². The molecule has 0 aliphatic heterocycles. The van der Waals surface area contributed by atoms with E-state index in [9.17, 15) is 19.7 Å². The van der Waals surface area contributed by atoms with Crippen LogP contribution in [-0.4, -0.2) is 27.5 Å². The van der Waals surface area contributed by atoms with Crippen LogP contribution in [0.5, 0.6) is 0 Å². The first-order valence-corrected chi connectivity index (χ1v) is 11.7. The highest BCUT2D eigenvalue weighted by atomic mass is 35.5. The second-order valence-corrected chi connectivity index (χ2v) is 9.40. The maximum atomic E-state index is 12.4. The van der Waals surface area contributed by atoms with Gasteiger partial charge >= 0.3 is 0 Å². The number of hydrogen-bond donors (Lipinski definition) is 2. The van der Waals surface area contributed by atoms with Crippen molar-refractivity contribution in [3.05, 3.63) is 87.4 Å². The first-order chi connectivity index (χ1) is 15.9. The number of carbonyl (C=O) groups excluding carboxylic acids is 2. The van der Waals surface area contributed by atoms with E-state index in [2.05, 4.69) is 15.6 Å². The number of aromatic nitrogens is 1. The van der Waals surface area contributed by atoms with Gasteiger partial charge in [-0.15, -0.1) is 11.3 Å². The molecule has 166 valence electrons. The molecule has 0 bridgehead atoms. The van der Waals surface area contributed by atoms with Crippen molar-refractivity contribution >= 4 is 73.8 Å². The van der Waals surface area contributed by atoms with E-state index in [1.807, 2.05) is 0 Å². The maximum absolute atomic E-state index is 12.4. The fourth-order valence-electron chi connectivity index (χ4n) is 2.86. The van der Waals surface area contributed by atoms with E-state index in [1.54, 1.807) is 42.5 Å². The van der Waals surface area contributed by atoms with Crippen LogP contribution < -0.4 is 10.6 Å². The molecule has 0 saturated carbocycles. The maximum Gasteiger partial charge on any atom is 0.269 e. The quantitative estimate of drug-likeness (QED) is 0.188. The van der Waals surface area contributed by atoms with Gasteiger partial charge in [-0.05, 0) is 42.5 Å². The molecule has 0 aliphatic carbocycles. The van der Waals surface area contributed by atoms with Gasteiger partial charge in [-0.25, -0.2) is 4.98 Å². The van der Waals surface area contributed by atoms with Crippen molar-refractivity contribution in [3.63, 3.8) is 0 Å². The van der Waals surface area contributed by atoms with E-state index in [-0.39, 0.29) is 23.3 Å². The average molecular weight is 499 g/mol. The zero-order valence-corrected chi connectivity index (χ0v) is 19.2. The summed E-state index contributed by atoms with van der Waals surface area (Å²) in [5, 5.41) is 16.8. The van der Waals surface area contributed by atoms with E-state index in [4.69, 9.17) is 11.6 Å². The Morgan fingerprint density at radius 1 is 1.06 bits per heavy atom. The lowest BCUT2D eigenvalue weighted by Crippen LogP contribution is -2.14. The number of thioether (sulfide) groups is 1. The van der Waals surface area contributed by atoms with Crippen molar-refractivity contribution in [3.8, 4) is 0 Å². The van der Waals surface area contributed by atoms with Crippen LogP contribution in [0.15, 0.2) is 71.1 Å². The van der Waals surface area contributed by atoms with Crippen molar-refractivity contribution in [2.45, 2.75) is 4.34 Å². The summed E-state index contributed by atoms with van der Waals surface area (Å²) in [4.78, 5) is 39.4. The molecule has 0 saturated heterocycles. The van der Waals surface area contributed by atoms with Gasteiger partial charge in [0.15, 0.2) is 4.34 Å². The molecule has 0 aliphatic rings. The summed E-state index contributed by atoms with van der Waals surface area (Å²) in [6, 6.07) is 17.7. The number of thiazole rings is 1. The van der Waals surface area contributed by atoms with E-state index in [0.29, 0.717) is 22.0 Å². The summed E-state index contributed by atoms with van der Waals surface area (Å²) in [7, 11) is 0. The third kappa shape index (κ3) is 5.67. The van der Waals surface area contributed by atoms with Crippen molar-refractivity contribution in [2.24, 2.45) is 0 Å². The van der Waals surface area contributed by atoms with Gasteiger partial charge in [-0.1, -0.05) is 35.5 Å². The minimum absolute atomic E-state index is 0.0804. The molecular formula is C22H15ClN4O4S2. The monoisotopic (exact) mass is 498 g/mol. The molecule has 0 unspecified atom stereocenters. The van der Waals surface area contributed by atoms with Crippen LogP contribution in [-0.2, 0) is 4.79 Å². The SMILES string of the molecule is O=C(CSc1nc2ccc(NC(=O)c3ccc([N+](=O)[O-])cc3)cc2s1)Nc1ccccc1Cl. The van der Waals surface area contributed by atoms with Crippen LogP contribution in [0, 0.1) is 10.1 Å². The Labute approximate surface area is 201 Å². The van der Waals surface area contributed by atoms with Crippen molar-refractivity contribution in [1.29, 1.82) is 0 Å². The highest BCUT2D eigenvalue weighted by molar-refractivity contribution is 8.01. The van der Waals surface area contributed by atoms with E-state index in [0.717, 1.165) is 14.6 Å². The minimum atomic E-state index is -0.518. The number of benzene rings is 3. The Bertz CT molecular complexity index is 1360. The number of non-ortho nitro benzene ring substituents is 1. The molecule has 2 amide bonds. The van der Waals surface area contributed by atoms with Crippen LogP contribution in [0.4, 0.5) is 17.1 Å². The topological polar surface area (TPSA) is 114 Å². The Morgan fingerprint density at radius 2 is 1.82 bits per heavy atom. The molecule has 1 heterocycles. The number of halogens is 1. The number of para-hydroxylation sites is 1. The molecule has 2 N–H and O–H groups in total. The highest BCUT2D eigenvalue weighted by Crippen LogP contribution is 2.31. The lowest BCUT2D eigenvalue weighted by Gasteiger charge is -2.05. The largest absolute Gasteiger partial charge is 0.324 e. The number of carbonyl (C=O) groups is 2. The van der Waals surface area contributed by atoms with Gasteiger partial charge in [0.1, 0.15) is 0 Å². The third-order valence-electron chi connectivity index (χ3n) is 4.44. The predicted molar refractivity (Wildman–Crippen MR) is 131 cm³/mol. The zero-order valence-electron chi connectivity index (χ0n) is 16.8. The van der Waals surface area contributed by atoms with Crippen LogP contribution >= 0.6 is 34.7 Å². The number of nitrogens with one attached hydrogen (secondary N) is 2. The summed E-state index contributed by atoms with van der Waals surface area (Å²) in [6.45, 7) is 0. The fraction of sp³-hybridized carbons (Fsp3) is 0.0455. The lowest BCUT2D eigenvalue weighted by molar-refractivity contribution is -0.384. The smallest absolute Gasteiger partial charge is 0.269 e. The number of fused-ring (bicyclic) bond motifs is 1. The molecule has 11 heteroatoms. The Balaban J connectivity index is 1.38. The van der Waals surface area contributed by atoms with Gasteiger partial charge in [0.25, 0.3) is 11.6 Å². The predicted octanol–water partition coefficient (Wildman–Crippen LogP) is 5.84. The van der Waals surface area contributed by atoms with Gasteiger partial charge in [-0.3, -0.25) is 19.7 Å². The fourth-order valence-corrected chi connectivity index (χ4v) is 4.95. The van der Waals surface area contributed by atoms with Gasteiger partial charge in [0.05, 0.1) is 31.6 Å². The molecule has 4 rings (SSSR count). The van der Waals surface area contributed by atoms with E-state index >= 15 is 0 Å². The normalized spacial score (nSPS) is 10.7. The standard InChI is InChI=1S/C22H15ClN4O4S2/c23-16-3-1-2-4-17(16)25-20(28)12-32-22-26-18-10-7-14(11-19(18)33-22)24-21(29)13-5-8-15(9-6-13)27(30)31/h1-11H,12H2,(H,24,29)(H,25,28). The van der Waals surface area contributed by atoms with Crippen molar-refractivity contribution in [2.75, 3.05) is 16.4 Å². The highest BCUT2D eigenvalue weighted by Gasteiger charge is 2.12. The molecule has 3 aromatic carbocycles. The first-order valence-electron chi connectivity index (χ1n) is 9.52. The van der Waals surface area contributed by atoms with Crippen LogP contribution in [0.2, 0.25) is 5.02 Å². The van der Waals surface area contributed by atoms with E-state index < -0.39 is 4.92 Å². The van der Waals surface area contributed by atoms with Crippen molar-refractivity contribution in [1.82, 2.24) is 4.98 Å². The zero-order chi connectivity index (χ0) is 23.4. The molecular weight excluding hydrogens is 484 g/mol. The molecule has 8 nitrogen and oxygen atoms in total. The molecule has 33 heavy (non-hydrogen) atoms.